The van der Waals surface area contributed by atoms with Crippen LogP contribution in [0.1, 0.15) is 46.0 Å². The van der Waals surface area contributed by atoms with Crippen molar-refractivity contribution in [2.24, 2.45) is 11.3 Å². The van der Waals surface area contributed by atoms with Crippen LogP contribution < -0.4 is 10.6 Å². The molecule has 2 fully saturated rings. The van der Waals surface area contributed by atoms with Crippen molar-refractivity contribution in [3.05, 3.63) is 0 Å². The Morgan fingerprint density at radius 3 is 2.58 bits per heavy atom. The van der Waals surface area contributed by atoms with Gasteiger partial charge in [-0.2, -0.15) is 0 Å². The molecule has 2 rings (SSSR count). The number of hydrogen-bond donors (Lipinski definition) is 2. The van der Waals surface area contributed by atoms with Crippen LogP contribution in [0.4, 0.5) is 0 Å². The predicted octanol–water partition coefficient (Wildman–Crippen LogP) is 1.70. The van der Waals surface area contributed by atoms with E-state index in [1.807, 2.05) is 0 Å². The van der Waals surface area contributed by atoms with Gasteiger partial charge < -0.3 is 15.4 Å². The number of carbonyl (C=O) groups is 1. The standard InChI is InChI=1S/C15H28N2O2/c1-3-15(6-8-16-9-7-15)14(18)17-12(2)13-4-10-19-11-5-13/h12-13,16H,3-11H2,1-2H3,(H,17,18). The molecule has 2 aliphatic rings. The predicted molar refractivity (Wildman–Crippen MR) is 76.0 cm³/mol. The van der Waals surface area contributed by atoms with Crippen LogP contribution in [0.5, 0.6) is 0 Å². The topological polar surface area (TPSA) is 50.4 Å². The van der Waals surface area contributed by atoms with E-state index in [9.17, 15) is 4.79 Å². The van der Waals surface area contributed by atoms with E-state index in [4.69, 9.17) is 4.74 Å². The molecule has 19 heavy (non-hydrogen) atoms. The molecule has 0 bridgehead atoms. The highest BCUT2D eigenvalue weighted by Crippen LogP contribution is 2.33. The second-order valence-electron chi connectivity index (χ2n) is 6.10. The Labute approximate surface area is 116 Å². The van der Waals surface area contributed by atoms with Crippen molar-refractivity contribution >= 4 is 5.91 Å². The molecule has 1 atom stereocenters. The summed E-state index contributed by atoms with van der Waals surface area (Å²) >= 11 is 0. The zero-order chi connectivity index (χ0) is 13.7. The molecular weight excluding hydrogens is 240 g/mol. The molecule has 0 aliphatic carbocycles. The summed E-state index contributed by atoms with van der Waals surface area (Å²) < 4.78 is 5.39. The normalized spacial score (nSPS) is 25.8. The summed E-state index contributed by atoms with van der Waals surface area (Å²) in [5.74, 6) is 0.851. The van der Waals surface area contributed by atoms with Crippen molar-refractivity contribution < 1.29 is 9.53 Å². The van der Waals surface area contributed by atoms with Crippen LogP contribution in [0, 0.1) is 11.3 Å². The van der Waals surface area contributed by atoms with Gasteiger partial charge in [-0.1, -0.05) is 6.92 Å². The average molecular weight is 268 g/mol. The third-order valence-corrected chi connectivity index (χ3v) is 5.05. The first-order valence-corrected chi connectivity index (χ1v) is 7.77. The van der Waals surface area contributed by atoms with Crippen molar-refractivity contribution in [2.45, 2.75) is 52.0 Å². The Kier molecular flexibility index (Phi) is 5.22. The molecule has 0 aromatic heterocycles. The fraction of sp³-hybridized carbons (Fsp3) is 0.933. The summed E-state index contributed by atoms with van der Waals surface area (Å²) in [4.78, 5) is 12.6. The molecular formula is C15H28N2O2. The van der Waals surface area contributed by atoms with Gasteiger partial charge in [0, 0.05) is 19.3 Å². The Morgan fingerprint density at radius 2 is 2.00 bits per heavy atom. The van der Waals surface area contributed by atoms with Crippen LogP contribution in [0.2, 0.25) is 0 Å². The van der Waals surface area contributed by atoms with E-state index in [1.165, 1.54) is 0 Å². The molecule has 4 heteroatoms. The van der Waals surface area contributed by atoms with Gasteiger partial charge in [-0.25, -0.2) is 0 Å². The first-order valence-electron chi connectivity index (χ1n) is 7.77. The highest BCUT2D eigenvalue weighted by atomic mass is 16.5. The minimum Gasteiger partial charge on any atom is -0.381 e. The molecule has 2 heterocycles. The molecule has 110 valence electrons. The third kappa shape index (κ3) is 3.48. The summed E-state index contributed by atoms with van der Waals surface area (Å²) in [6, 6.07) is 0.273. The summed E-state index contributed by atoms with van der Waals surface area (Å²) in [7, 11) is 0. The molecule has 2 N–H and O–H groups in total. The van der Waals surface area contributed by atoms with Gasteiger partial charge in [0.2, 0.25) is 5.91 Å². The lowest BCUT2D eigenvalue weighted by Crippen LogP contribution is -2.51. The number of nitrogens with one attached hydrogen (secondary N) is 2. The van der Waals surface area contributed by atoms with Crippen LogP contribution in [0.25, 0.3) is 0 Å². The Hall–Kier alpha value is -0.610. The molecule has 0 aromatic carbocycles. The second kappa shape index (κ2) is 6.71. The molecule has 2 aliphatic heterocycles. The largest absolute Gasteiger partial charge is 0.381 e. The van der Waals surface area contributed by atoms with Crippen molar-refractivity contribution in [1.29, 1.82) is 0 Å². The van der Waals surface area contributed by atoms with E-state index in [1.54, 1.807) is 0 Å². The zero-order valence-electron chi connectivity index (χ0n) is 12.3. The summed E-state index contributed by atoms with van der Waals surface area (Å²) in [6.07, 6.45) is 5.02. The maximum absolute atomic E-state index is 12.6. The van der Waals surface area contributed by atoms with Crippen LogP contribution >= 0.6 is 0 Å². The lowest BCUT2D eigenvalue weighted by atomic mass is 9.75. The quantitative estimate of drug-likeness (QED) is 0.816. The summed E-state index contributed by atoms with van der Waals surface area (Å²) in [6.45, 7) is 7.91. The molecule has 0 aromatic rings. The van der Waals surface area contributed by atoms with Gasteiger partial charge in [0.05, 0.1) is 5.41 Å². The van der Waals surface area contributed by atoms with E-state index < -0.39 is 0 Å². The fourth-order valence-corrected chi connectivity index (χ4v) is 3.34. The Morgan fingerprint density at radius 1 is 1.37 bits per heavy atom. The lowest BCUT2D eigenvalue weighted by molar-refractivity contribution is -0.134. The van der Waals surface area contributed by atoms with Gasteiger partial charge in [0.1, 0.15) is 0 Å². The average Bonchev–Trinajstić information content (AvgIpc) is 2.48. The number of carbonyl (C=O) groups excluding carboxylic acids is 1. The summed E-state index contributed by atoms with van der Waals surface area (Å²) in [5, 5.41) is 6.64. The molecule has 1 amide bonds. The molecule has 4 nitrogen and oxygen atoms in total. The fourth-order valence-electron chi connectivity index (χ4n) is 3.34. The Bertz CT molecular complexity index is 295. The van der Waals surface area contributed by atoms with Gasteiger partial charge in [-0.15, -0.1) is 0 Å². The number of piperidine rings is 1. The molecule has 0 spiro atoms. The van der Waals surface area contributed by atoms with Crippen molar-refractivity contribution in [2.75, 3.05) is 26.3 Å². The molecule has 2 saturated heterocycles. The van der Waals surface area contributed by atoms with Crippen molar-refractivity contribution in [1.82, 2.24) is 10.6 Å². The van der Waals surface area contributed by atoms with E-state index in [-0.39, 0.29) is 17.4 Å². The molecule has 0 radical (unpaired) electrons. The zero-order valence-corrected chi connectivity index (χ0v) is 12.3. The summed E-state index contributed by atoms with van der Waals surface area (Å²) in [5.41, 5.74) is -0.134. The van der Waals surface area contributed by atoms with Crippen molar-refractivity contribution in [3.8, 4) is 0 Å². The van der Waals surface area contributed by atoms with Gasteiger partial charge in [-0.05, 0) is 58.0 Å². The molecule has 1 unspecified atom stereocenters. The van der Waals surface area contributed by atoms with Crippen LogP contribution in [0.15, 0.2) is 0 Å². The van der Waals surface area contributed by atoms with E-state index in [0.717, 1.165) is 58.4 Å². The molecule has 0 saturated carbocycles. The van der Waals surface area contributed by atoms with E-state index >= 15 is 0 Å². The minimum atomic E-state index is -0.134. The number of rotatable bonds is 4. The Balaban J connectivity index is 1.90. The maximum atomic E-state index is 12.6. The second-order valence-corrected chi connectivity index (χ2v) is 6.10. The van der Waals surface area contributed by atoms with Gasteiger partial charge in [0.15, 0.2) is 0 Å². The lowest BCUT2D eigenvalue weighted by Gasteiger charge is -2.38. The van der Waals surface area contributed by atoms with Crippen LogP contribution in [-0.4, -0.2) is 38.3 Å². The van der Waals surface area contributed by atoms with Gasteiger partial charge >= 0.3 is 0 Å². The maximum Gasteiger partial charge on any atom is 0.226 e. The third-order valence-electron chi connectivity index (χ3n) is 5.05. The van der Waals surface area contributed by atoms with Gasteiger partial charge in [-0.3, -0.25) is 4.79 Å². The first-order chi connectivity index (χ1) is 9.18. The first kappa shape index (κ1) is 14.8. The number of hydrogen-bond acceptors (Lipinski definition) is 3. The smallest absolute Gasteiger partial charge is 0.226 e. The van der Waals surface area contributed by atoms with E-state index in [2.05, 4.69) is 24.5 Å². The van der Waals surface area contributed by atoms with Gasteiger partial charge in [0.25, 0.3) is 0 Å². The van der Waals surface area contributed by atoms with Crippen molar-refractivity contribution in [3.63, 3.8) is 0 Å². The number of amides is 1. The number of ether oxygens (including phenoxy) is 1. The monoisotopic (exact) mass is 268 g/mol. The highest BCUT2D eigenvalue weighted by molar-refractivity contribution is 5.83. The SMILES string of the molecule is CCC1(C(=O)NC(C)C2CCOCC2)CCNCC1. The van der Waals surface area contributed by atoms with Crippen LogP contribution in [0.3, 0.4) is 0 Å². The highest BCUT2D eigenvalue weighted by Gasteiger charge is 2.38. The van der Waals surface area contributed by atoms with E-state index in [0.29, 0.717) is 5.92 Å². The van der Waals surface area contributed by atoms with Crippen LogP contribution in [-0.2, 0) is 9.53 Å². The minimum absolute atomic E-state index is 0.134.